The number of halogens is 1. The summed E-state index contributed by atoms with van der Waals surface area (Å²) in [7, 11) is 0. The summed E-state index contributed by atoms with van der Waals surface area (Å²) in [6, 6.07) is 5.81. The molecular formula is C11H13FN2O. The van der Waals surface area contributed by atoms with Crippen LogP contribution in [0.4, 0.5) is 4.39 Å². The second-order valence-electron chi connectivity index (χ2n) is 2.95. The lowest BCUT2D eigenvalue weighted by Gasteiger charge is -2.07. The van der Waals surface area contributed by atoms with Crippen LogP contribution in [0.3, 0.4) is 0 Å². The first kappa shape index (κ1) is 11.5. The molecule has 4 heteroatoms. The minimum Gasteiger partial charge on any atom is -0.491 e. The van der Waals surface area contributed by atoms with E-state index < -0.39 is 5.82 Å². The molecule has 0 spiro atoms. The maximum absolute atomic E-state index is 12.8. The second-order valence-corrected chi connectivity index (χ2v) is 2.95. The fraction of sp³-hybridized carbons (Fsp3) is 0.364. The third kappa shape index (κ3) is 3.56. The smallest absolute Gasteiger partial charge is 0.137 e. The van der Waals surface area contributed by atoms with Crippen LogP contribution in [0.2, 0.25) is 0 Å². The van der Waals surface area contributed by atoms with Gasteiger partial charge in [-0.3, -0.25) is 0 Å². The average molecular weight is 208 g/mol. The molecule has 0 saturated carbocycles. The van der Waals surface area contributed by atoms with Crippen molar-refractivity contribution in [3.63, 3.8) is 0 Å². The summed E-state index contributed by atoms with van der Waals surface area (Å²) < 4.78 is 18.1. The number of hydrogen-bond donors (Lipinski definition) is 1. The molecule has 1 N–H and O–H groups in total. The minimum atomic E-state index is -0.425. The summed E-state index contributed by atoms with van der Waals surface area (Å²) in [4.78, 5) is 0. The number of ether oxygens (including phenoxy) is 1. The second kappa shape index (κ2) is 5.99. The Morgan fingerprint density at radius 3 is 3.00 bits per heavy atom. The molecule has 0 aliphatic carbocycles. The zero-order valence-electron chi connectivity index (χ0n) is 8.59. The van der Waals surface area contributed by atoms with Crippen molar-refractivity contribution in [2.75, 3.05) is 19.7 Å². The molecule has 0 heterocycles. The molecule has 0 aliphatic rings. The van der Waals surface area contributed by atoms with Crippen molar-refractivity contribution >= 4 is 0 Å². The van der Waals surface area contributed by atoms with Gasteiger partial charge in [0.25, 0.3) is 0 Å². The fourth-order valence-corrected chi connectivity index (χ4v) is 1.13. The van der Waals surface area contributed by atoms with Crippen molar-refractivity contribution in [3.8, 4) is 11.8 Å². The molecule has 0 bridgehead atoms. The summed E-state index contributed by atoms with van der Waals surface area (Å²) in [6.45, 7) is 4.05. The molecule has 80 valence electrons. The van der Waals surface area contributed by atoms with Gasteiger partial charge in [-0.15, -0.1) is 0 Å². The highest BCUT2D eigenvalue weighted by Gasteiger charge is 2.03. The van der Waals surface area contributed by atoms with Gasteiger partial charge >= 0.3 is 0 Å². The number of rotatable bonds is 5. The molecule has 1 aromatic rings. The van der Waals surface area contributed by atoms with Crippen molar-refractivity contribution < 1.29 is 9.13 Å². The van der Waals surface area contributed by atoms with E-state index in [1.807, 2.05) is 13.0 Å². The van der Waals surface area contributed by atoms with E-state index in [1.54, 1.807) is 0 Å². The largest absolute Gasteiger partial charge is 0.491 e. The van der Waals surface area contributed by atoms with Crippen molar-refractivity contribution in [1.29, 1.82) is 5.26 Å². The minimum absolute atomic E-state index is 0.228. The van der Waals surface area contributed by atoms with E-state index >= 15 is 0 Å². The van der Waals surface area contributed by atoms with E-state index in [1.165, 1.54) is 18.2 Å². The zero-order valence-corrected chi connectivity index (χ0v) is 8.59. The Balaban J connectivity index is 2.57. The van der Waals surface area contributed by atoms with Gasteiger partial charge in [-0.1, -0.05) is 6.92 Å². The summed E-state index contributed by atoms with van der Waals surface area (Å²) in [6.07, 6.45) is 0. The molecule has 0 unspecified atom stereocenters. The molecular weight excluding hydrogens is 195 g/mol. The Labute approximate surface area is 88.5 Å². The van der Waals surface area contributed by atoms with Gasteiger partial charge < -0.3 is 10.1 Å². The van der Waals surface area contributed by atoms with Gasteiger partial charge in [-0.05, 0) is 24.7 Å². The Kier molecular flexibility index (Phi) is 4.58. The topological polar surface area (TPSA) is 45.0 Å². The fourth-order valence-electron chi connectivity index (χ4n) is 1.13. The quantitative estimate of drug-likeness (QED) is 0.749. The van der Waals surface area contributed by atoms with E-state index in [4.69, 9.17) is 10.00 Å². The van der Waals surface area contributed by atoms with E-state index in [0.717, 1.165) is 6.54 Å². The molecule has 0 aliphatic heterocycles. The number of nitriles is 1. The van der Waals surface area contributed by atoms with E-state index in [-0.39, 0.29) is 5.56 Å². The number of benzene rings is 1. The van der Waals surface area contributed by atoms with Crippen LogP contribution in [0.15, 0.2) is 18.2 Å². The Bertz CT molecular complexity index is 360. The van der Waals surface area contributed by atoms with Gasteiger partial charge in [0.1, 0.15) is 24.2 Å². The molecule has 0 amide bonds. The first-order chi connectivity index (χ1) is 7.27. The molecule has 3 nitrogen and oxygen atoms in total. The molecule has 0 aromatic heterocycles. The molecule has 1 aromatic carbocycles. The third-order valence-electron chi connectivity index (χ3n) is 1.85. The van der Waals surface area contributed by atoms with E-state index in [0.29, 0.717) is 18.9 Å². The van der Waals surface area contributed by atoms with Crippen molar-refractivity contribution in [3.05, 3.63) is 29.6 Å². The lowest BCUT2D eigenvalue weighted by molar-refractivity contribution is 0.314. The lowest BCUT2D eigenvalue weighted by atomic mass is 10.2. The monoisotopic (exact) mass is 208 g/mol. The molecule has 0 radical (unpaired) electrons. The highest BCUT2D eigenvalue weighted by Crippen LogP contribution is 2.18. The summed E-state index contributed by atoms with van der Waals surface area (Å²) in [5, 5.41) is 11.8. The van der Waals surface area contributed by atoms with Crippen LogP contribution in [-0.4, -0.2) is 19.7 Å². The number of likely N-dealkylation sites (N-methyl/N-ethyl adjacent to an activating group) is 1. The normalized spacial score (nSPS) is 9.67. The van der Waals surface area contributed by atoms with Crippen LogP contribution < -0.4 is 10.1 Å². The number of nitrogens with one attached hydrogen (secondary N) is 1. The molecule has 0 saturated heterocycles. The number of nitrogens with zero attached hydrogens (tertiary/aromatic N) is 1. The van der Waals surface area contributed by atoms with Gasteiger partial charge in [0.15, 0.2) is 0 Å². The van der Waals surface area contributed by atoms with Crippen LogP contribution in [0.25, 0.3) is 0 Å². The Morgan fingerprint density at radius 1 is 1.53 bits per heavy atom. The maximum atomic E-state index is 12.8. The molecule has 15 heavy (non-hydrogen) atoms. The van der Waals surface area contributed by atoms with Gasteiger partial charge in [0, 0.05) is 6.54 Å². The van der Waals surface area contributed by atoms with Gasteiger partial charge in [0.05, 0.1) is 5.56 Å². The summed E-state index contributed by atoms with van der Waals surface area (Å²) in [5.74, 6) is 0.00221. The van der Waals surface area contributed by atoms with Crippen LogP contribution in [0.1, 0.15) is 12.5 Å². The third-order valence-corrected chi connectivity index (χ3v) is 1.85. The molecule has 0 atom stereocenters. The van der Waals surface area contributed by atoms with Gasteiger partial charge in [-0.2, -0.15) is 5.26 Å². The van der Waals surface area contributed by atoms with Crippen LogP contribution in [-0.2, 0) is 0 Å². The highest BCUT2D eigenvalue weighted by atomic mass is 19.1. The van der Waals surface area contributed by atoms with Crippen LogP contribution >= 0.6 is 0 Å². The standard InChI is InChI=1S/C11H13FN2O/c1-2-14-5-6-15-11-4-3-10(12)7-9(11)8-13/h3-4,7,14H,2,5-6H2,1H3. The van der Waals surface area contributed by atoms with Gasteiger partial charge in [0.2, 0.25) is 0 Å². The molecule has 0 fully saturated rings. The Hall–Kier alpha value is -1.60. The lowest BCUT2D eigenvalue weighted by Crippen LogP contribution is -2.20. The highest BCUT2D eigenvalue weighted by molar-refractivity contribution is 5.42. The first-order valence-electron chi connectivity index (χ1n) is 4.81. The van der Waals surface area contributed by atoms with E-state index in [9.17, 15) is 4.39 Å². The van der Waals surface area contributed by atoms with Crippen molar-refractivity contribution in [2.45, 2.75) is 6.92 Å². The summed E-state index contributed by atoms with van der Waals surface area (Å²) >= 11 is 0. The molecule has 1 rings (SSSR count). The van der Waals surface area contributed by atoms with Gasteiger partial charge in [-0.25, -0.2) is 4.39 Å². The summed E-state index contributed by atoms with van der Waals surface area (Å²) in [5.41, 5.74) is 0.228. The van der Waals surface area contributed by atoms with Crippen LogP contribution in [0, 0.1) is 17.1 Å². The van der Waals surface area contributed by atoms with E-state index in [2.05, 4.69) is 5.32 Å². The van der Waals surface area contributed by atoms with Crippen LogP contribution in [0.5, 0.6) is 5.75 Å². The average Bonchev–Trinajstić information content (AvgIpc) is 2.26. The zero-order chi connectivity index (χ0) is 11.1. The predicted octanol–water partition coefficient (Wildman–Crippen LogP) is 1.69. The number of hydrogen-bond acceptors (Lipinski definition) is 3. The Morgan fingerprint density at radius 2 is 2.33 bits per heavy atom. The predicted molar refractivity (Wildman–Crippen MR) is 55.2 cm³/mol. The first-order valence-corrected chi connectivity index (χ1v) is 4.81. The van der Waals surface area contributed by atoms with Crippen molar-refractivity contribution in [2.24, 2.45) is 0 Å². The maximum Gasteiger partial charge on any atom is 0.137 e. The van der Waals surface area contributed by atoms with Crippen molar-refractivity contribution in [1.82, 2.24) is 5.32 Å². The SMILES string of the molecule is CCNCCOc1ccc(F)cc1C#N.